The van der Waals surface area contributed by atoms with E-state index in [9.17, 15) is 0 Å². The molecule has 2 rings (SSSR count). The molecule has 1 aromatic carbocycles. The van der Waals surface area contributed by atoms with Crippen LogP contribution in [0, 0.1) is 0 Å². The highest BCUT2D eigenvalue weighted by Gasteiger charge is 1.97. The Morgan fingerprint density at radius 1 is 1.06 bits per heavy atom. The van der Waals surface area contributed by atoms with Crippen molar-refractivity contribution in [3.8, 4) is 11.1 Å². The van der Waals surface area contributed by atoms with Gasteiger partial charge in [-0.25, -0.2) is 4.98 Å². The van der Waals surface area contributed by atoms with Crippen LogP contribution in [0.5, 0.6) is 0 Å². The smallest absolute Gasteiger partial charge is 0.123 e. The maximum absolute atomic E-state index is 5.62. The van der Waals surface area contributed by atoms with Crippen LogP contribution >= 0.6 is 0 Å². The first kappa shape index (κ1) is 12.0. The van der Waals surface area contributed by atoms with Gasteiger partial charge in [-0.1, -0.05) is 44.3 Å². The zero-order valence-electron chi connectivity index (χ0n) is 8.35. The number of anilines is 1. The van der Waals surface area contributed by atoms with Gasteiger partial charge in [0.1, 0.15) is 5.82 Å². The Morgan fingerprint density at radius 2 is 1.75 bits per heavy atom. The van der Waals surface area contributed by atoms with Crippen LogP contribution in [0.1, 0.15) is 13.0 Å². The van der Waals surface area contributed by atoms with Crippen LogP contribution < -0.4 is 5.73 Å². The van der Waals surface area contributed by atoms with Crippen LogP contribution in [0.2, 0.25) is 0 Å². The maximum atomic E-state index is 5.62. The normalized spacial score (nSPS) is 9.25. The van der Waals surface area contributed by atoms with E-state index in [1.165, 1.54) is 0 Å². The third-order valence-corrected chi connectivity index (χ3v) is 2.26. The molecule has 0 unspecified atom stereocenters. The number of rotatable bonds is 2. The fraction of sp³-hybridized carbons (Fsp3) is 0.0714. The molecule has 0 bridgehead atoms. The molecule has 0 saturated heterocycles. The molecule has 2 nitrogen and oxygen atoms in total. The Balaban J connectivity index is 0.00000128. The monoisotopic (exact) mass is 212 g/mol. The Labute approximate surface area is 96.5 Å². The summed E-state index contributed by atoms with van der Waals surface area (Å²) in [6.45, 7) is 3.72. The fourth-order valence-corrected chi connectivity index (χ4v) is 1.44. The lowest BCUT2D eigenvalue weighted by Crippen LogP contribution is -1.89. The third kappa shape index (κ3) is 2.48. The van der Waals surface area contributed by atoms with Crippen LogP contribution in [0.25, 0.3) is 17.2 Å². The minimum Gasteiger partial charge on any atom is -0.384 e. The SMILES string of the molecule is C.C=Cc1ccc(-c2ccnc(N)c2)cc1. The van der Waals surface area contributed by atoms with Gasteiger partial charge < -0.3 is 5.73 Å². The first-order valence-electron chi connectivity index (χ1n) is 4.74. The van der Waals surface area contributed by atoms with Crippen molar-refractivity contribution in [1.82, 2.24) is 4.98 Å². The molecule has 0 aliphatic carbocycles. The molecule has 1 aromatic heterocycles. The van der Waals surface area contributed by atoms with Crippen LogP contribution in [0.4, 0.5) is 5.82 Å². The lowest BCUT2D eigenvalue weighted by Gasteiger charge is -2.02. The molecule has 0 atom stereocenters. The van der Waals surface area contributed by atoms with E-state index in [0.29, 0.717) is 5.82 Å². The zero-order chi connectivity index (χ0) is 10.7. The molecular formula is C14H16N2. The third-order valence-electron chi connectivity index (χ3n) is 2.26. The van der Waals surface area contributed by atoms with Gasteiger partial charge in [0.2, 0.25) is 0 Å². The predicted molar refractivity (Wildman–Crippen MR) is 70.9 cm³/mol. The van der Waals surface area contributed by atoms with Gasteiger partial charge in [0, 0.05) is 6.20 Å². The Kier molecular flexibility index (Phi) is 3.84. The Hall–Kier alpha value is -2.09. The molecule has 16 heavy (non-hydrogen) atoms. The standard InChI is InChI=1S/C13H12N2.CH4/c1-2-10-3-5-11(6-4-10)12-7-8-15-13(14)9-12;/h2-9H,1H2,(H2,14,15);1H4. The van der Waals surface area contributed by atoms with Crippen molar-refractivity contribution < 1.29 is 0 Å². The van der Waals surface area contributed by atoms with Crippen LogP contribution in [-0.2, 0) is 0 Å². The molecular weight excluding hydrogens is 196 g/mol. The zero-order valence-corrected chi connectivity index (χ0v) is 8.35. The minimum absolute atomic E-state index is 0. The van der Waals surface area contributed by atoms with E-state index in [-0.39, 0.29) is 7.43 Å². The molecule has 0 saturated carbocycles. The first-order chi connectivity index (χ1) is 7.29. The summed E-state index contributed by atoms with van der Waals surface area (Å²) in [5.41, 5.74) is 8.95. The van der Waals surface area contributed by atoms with Crippen LogP contribution in [0.3, 0.4) is 0 Å². The molecule has 2 heteroatoms. The summed E-state index contributed by atoms with van der Waals surface area (Å²) in [4.78, 5) is 3.96. The first-order valence-corrected chi connectivity index (χ1v) is 4.74. The summed E-state index contributed by atoms with van der Waals surface area (Å²) in [5, 5.41) is 0. The summed E-state index contributed by atoms with van der Waals surface area (Å²) in [5.74, 6) is 0.542. The quantitative estimate of drug-likeness (QED) is 0.825. The van der Waals surface area contributed by atoms with E-state index in [2.05, 4.69) is 11.6 Å². The number of hydrogen-bond acceptors (Lipinski definition) is 2. The molecule has 1 heterocycles. The van der Waals surface area contributed by atoms with Crippen molar-refractivity contribution in [2.24, 2.45) is 0 Å². The van der Waals surface area contributed by atoms with E-state index in [1.54, 1.807) is 6.20 Å². The number of nitrogen functional groups attached to an aromatic ring is 1. The van der Waals surface area contributed by atoms with E-state index >= 15 is 0 Å². The summed E-state index contributed by atoms with van der Waals surface area (Å²) in [6, 6.07) is 12.0. The van der Waals surface area contributed by atoms with Gasteiger partial charge in [0.05, 0.1) is 0 Å². The van der Waals surface area contributed by atoms with Crippen molar-refractivity contribution in [1.29, 1.82) is 0 Å². The van der Waals surface area contributed by atoms with Gasteiger partial charge in [-0.2, -0.15) is 0 Å². The van der Waals surface area contributed by atoms with E-state index < -0.39 is 0 Å². The van der Waals surface area contributed by atoms with Crippen molar-refractivity contribution >= 4 is 11.9 Å². The van der Waals surface area contributed by atoms with Gasteiger partial charge in [-0.15, -0.1) is 0 Å². The fourth-order valence-electron chi connectivity index (χ4n) is 1.44. The average Bonchev–Trinajstić information content (AvgIpc) is 2.29. The molecule has 0 fully saturated rings. The topological polar surface area (TPSA) is 38.9 Å². The largest absolute Gasteiger partial charge is 0.384 e. The van der Waals surface area contributed by atoms with Crippen LogP contribution in [0.15, 0.2) is 49.2 Å². The second-order valence-electron chi connectivity index (χ2n) is 3.30. The molecule has 0 spiro atoms. The number of nitrogens with two attached hydrogens (primary N) is 1. The number of nitrogens with zero attached hydrogens (tertiary/aromatic N) is 1. The second-order valence-corrected chi connectivity index (χ2v) is 3.30. The Bertz CT molecular complexity index is 472. The summed E-state index contributed by atoms with van der Waals surface area (Å²) < 4.78 is 0. The van der Waals surface area contributed by atoms with Crippen LogP contribution in [-0.4, -0.2) is 4.98 Å². The lowest BCUT2D eigenvalue weighted by atomic mass is 10.1. The molecule has 0 radical (unpaired) electrons. The van der Waals surface area contributed by atoms with E-state index in [0.717, 1.165) is 16.7 Å². The van der Waals surface area contributed by atoms with Gasteiger partial charge >= 0.3 is 0 Å². The molecule has 0 aliphatic heterocycles. The number of hydrogen-bond donors (Lipinski definition) is 1. The molecule has 0 amide bonds. The van der Waals surface area contributed by atoms with Gasteiger partial charge in [-0.3, -0.25) is 0 Å². The summed E-state index contributed by atoms with van der Waals surface area (Å²) in [6.07, 6.45) is 3.54. The molecule has 0 aliphatic rings. The second kappa shape index (κ2) is 5.12. The van der Waals surface area contributed by atoms with Gasteiger partial charge in [0.25, 0.3) is 0 Å². The summed E-state index contributed by atoms with van der Waals surface area (Å²) in [7, 11) is 0. The van der Waals surface area contributed by atoms with Gasteiger partial charge in [-0.05, 0) is 28.8 Å². The maximum Gasteiger partial charge on any atom is 0.123 e. The Morgan fingerprint density at radius 3 is 2.31 bits per heavy atom. The number of benzene rings is 1. The minimum atomic E-state index is 0. The highest BCUT2D eigenvalue weighted by atomic mass is 14.8. The number of aromatic nitrogens is 1. The van der Waals surface area contributed by atoms with Crippen molar-refractivity contribution in [3.63, 3.8) is 0 Å². The van der Waals surface area contributed by atoms with Crippen molar-refractivity contribution in [2.45, 2.75) is 7.43 Å². The van der Waals surface area contributed by atoms with Crippen molar-refractivity contribution in [3.05, 3.63) is 54.7 Å². The molecule has 2 aromatic rings. The average molecular weight is 212 g/mol. The lowest BCUT2D eigenvalue weighted by molar-refractivity contribution is 1.34. The van der Waals surface area contributed by atoms with Crippen molar-refractivity contribution in [2.75, 3.05) is 5.73 Å². The van der Waals surface area contributed by atoms with E-state index in [4.69, 9.17) is 5.73 Å². The molecule has 2 N–H and O–H groups in total. The number of pyridine rings is 1. The predicted octanol–water partition coefficient (Wildman–Crippen LogP) is 3.61. The molecule has 82 valence electrons. The highest BCUT2D eigenvalue weighted by Crippen LogP contribution is 2.20. The highest BCUT2D eigenvalue weighted by molar-refractivity contribution is 5.67. The summed E-state index contributed by atoms with van der Waals surface area (Å²) >= 11 is 0. The van der Waals surface area contributed by atoms with E-state index in [1.807, 2.05) is 42.5 Å². The van der Waals surface area contributed by atoms with Gasteiger partial charge in [0.15, 0.2) is 0 Å².